The van der Waals surface area contributed by atoms with Gasteiger partial charge < -0.3 is 37.0 Å². The number of anilines is 2. The summed E-state index contributed by atoms with van der Waals surface area (Å²) >= 11 is 2.14. The predicted molar refractivity (Wildman–Crippen MR) is 234 cm³/mol. The Labute approximate surface area is 382 Å². The third kappa shape index (κ3) is 8.51. The molecule has 2 aromatic carbocycles. The number of thioether (sulfide) groups is 2. The lowest BCUT2D eigenvalue weighted by Gasteiger charge is -2.08. The number of nitriles is 1. The van der Waals surface area contributed by atoms with Gasteiger partial charge in [-0.25, -0.2) is 33.4 Å². The average molecular weight is 945 g/mol. The van der Waals surface area contributed by atoms with Crippen molar-refractivity contribution in [2.24, 2.45) is 20.5 Å². The zero-order valence-corrected chi connectivity index (χ0v) is 36.2. The molecule has 67 heavy (non-hydrogen) atoms. The number of nitrogens with two attached hydrogens (primary N) is 2. The van der Waals surface area contributed by atoms with Crippen LogP contribution in [-0.2, 0) is 0 Å². The van der Waals surface area contributed by atoms with Crippen molar-refractivity contribution in [2.75, 3.05) is 24.0 Å². The fourth-order valence-corrected chi connectivity index (χ4v) is 7.24. The molecule has 5 heterocycles. The molecule has 0 fully saturated rings. The molecular weight excluding hydrogens is 917 g/mol. The van der Waals surface area contributed by atoms with Crippen molar-refractivity contribution in [1.29, 1.82) is 5.26 Å². The topological polar surface area (TPSA) is 396 Å². The van der Waals surface area contributed by atoms with E-state index < -0.39 is 29.9 Å². The van der Waals surface area contributed by atoms with Crippen LogP contribution >= 0.6 is 23.5 Å². The van der Waals surface area contributed by atoms with E-state index >= 15 is 0 Å². The van der Waals surface area contributed by atoms with Crippen molar-refractivity contribution in [2.45, 2.75) is 23.9 Å². The predicted octanol–water partition coefficient (Wildman–Crippen LogP) is 6.20. The van der Waals surface area contributed by atoms with Gasteiger partial charge in [-0.2, -0.15) is 45.0 Å². The number of aryl methyl sites for hydroxylation is 2. The van der Waals surface area contributed by atoms with E-state index in [0.29, 0.717) is 0 Å². The number of carboxylic acid groups (broad SMARTS) is 4. The summed E-state index contributed by atoms with van der Waals surface area (Å²) in [5.74, 6) is -6.65. The lowest BCUT2D eigenvalue weighted by atomic mass is 10.1. The van der Waals surface area contributed by atoms with E-state index in [1.54, 1.807) is 12.5 Å². The second-order valence-corrected chi connectivity index (χ2v) is 15.0. The summed E-state index contributed by atoms with van der Waals surface area (Å²) < 4.78 is 4.31. The number of carbonyl (C=O) groups is 4. The first kappa shape index (κ1) is 45.5. The third-order valence-electron chi connectivity index (χ3n) is 9.30. The SMILES string of the molecule is [C-]#[N+]c1c(SC)nn(-c2cc(C(=O)O)cc(C(=O)O)c2)c1N=Nc1c(C)nn(-c2cc(-n3nc(C)c(N=Nc4c(C#N)c(SC)nn4-c4cc(C(=O)O)cc(C(=O)O)c4)c3N)nc(O)n2)c1N. The molecule has 0 spiro atoms. The number of hydrogen-bond acceptors (Lipinski definition) is 20. The highest BCUT2D eigenvalue weighted by atomic mass is 32.2. The Morgan fingerprint density at radius 1 is 0.642 bits per heavy atom. The maximum Gasteiger partial charge on any atom is 0.335 e. The van der Waals surface area contributed by atoms with Gasteiger partial charge in [0, 0.05) is 6.07 Å². The van der Waals surface area contributed by atoms with Gasteiger partial charge in [-0.15, -0.1) is 44.0 Å². The Bertz CT molecular complexity index is 3130. The van der Waals surface area contributed by atoms with Gasteiger partial charge >= 0.3 is 29.9 Å². The lowest BCUT2D eigenvalue weighted by molar-refractivity contribution is 0.0676. The quantitative estimate of drug-likeness (QED) is 0.0362. The highest BCUT2D eigenvalue weighted by Crippen LogP contribution is 2.41. The molecule has 9 N–H and O–H groups in total. The average Bonchev–Trinajstić information content (AvgIpc) is 4.02. The van der Waals surface area contributed by atoms with Gasteiger partial charge in [-0.05, 0) is 62.8 Å². The van der Waals surface area contributed by atoms with Gasteiger partial charge in [0.25, 0.3) is 5.69 Å². The van der Waals surface area contributed by atoms with E-state index in [9.17, 15) is 50.0 Å². The summed E-state index contributed by atoms with van der Waals surface area (Å²) in [5, 5.41) is 94.2. The summed E-state index contributed by atoms with van der Waals surface area (Å²) in [4.78, 5) is 59.1. The number of rotatable bonds is 14. The van der Waals surface area contributed by atoms with E-state index in [0.717, 1.165) is 78.6 Å². The number of aromatic carboxylic acids is 4. The van der Waals surface area contributed by atoms with Gasteiger partial charge in [0.1, 0.15) is 21.7 Å². The number of nitrogen functional groups attached to an aromatic ring is 2. The highest BCUT2D eigenvalue weighted by molar-refractivity contribution is 7.98. The standard InChI is InChI=1S/C38H28N18O9S2/c1-14-25(45-47-30-22(13-39)32(66-4)51-53(30)20-8-16(34(57)58)6-17(9-20)35(59)60)28(40)55(49-14)23-12-24(44-38(65)43-23)56-29(41)26(15(2)50-56)46-48-31-27(42-3)33(67-5)52-54(31)21-10-18(36(61)62)7-19(11-21)37(63)64/h6-12H,40-41H2,1-2,4-5H3,(H,57,58)(H,59,60)(H,61,62)(H,63,64)(H,43,44,65). The van der Waals surface area contributed by atoms with Crippen LogP contribution in [0.5, 0.6) is 6.01 Å². The molecular formula is C38H28N18O9S2. The van der Waals surface area contributed by atoms with Crippen LogP contribution in [0.1, 0.15) is 58.4 Å². The summed E-state index contributed by atoms with van der Waals surface area (Å²) in [6, 6.07) is 9.03. The Hall–Kier alpha value is -9.48. The first-order chi connectivity index (χ1) is 31.9. The van der Waals surface area contributed by atoms with Crippen molar-refractivity contribution >= 4 is 87.7 Å². The smallest absolute Gasteiger partial charge is 0.335 e. The number of nitrogens with zero attached hydrogens (tertiary/aromatic N) is 16. The number of aromatic nitrogens is 10. The normalized spacial score (nSPS) is 11.3. The number of benzene rings is 2. The molecule has 0 radical (unpaired) electrons. The van der Waals surface area contributed by atoms with Crippen molar-refractivity contribution < 1.29 is 44.7 Å². The largest absolute Gasteiger partial charge is 0.479 e. The Morgan fingerprint density at radius 2 is 1.04 bits per heavy atom. The third-order valence-corrected chi connectivity index (χ3v) is 10.6. The molecule has 0 saturated carbocycles. The van der Waals surface area contributed by atoms with Crippen LogP contribution in [0.2, 0.25) is 0 Å². The molecule has 0 amide bonds. The summed E-state index contributed by atoms with van der Waals surface area (Å²) in [6.07, 6.45) is 3.26. The molecule has 0 bridgehead atoms. The van der Waals surface area contributed by atoms with Gasteiger partial charge in [0.2, 0.25) is 0 Å². The molecule has 0 aliphatic heterocycles. The number of carboxylic acids is 4. The molecule has 0 unspecified atom stereocenters. The second kappa shape index (κ2) is 17.9. The number of aromatic hydroxyl groups is 1. The minimum atomic E-state index is -1.42. The van der Waals surface area contributed by atoms with Crippen LogP contribution in [0.4, 0.5) is 40.3 Å². The molecule has 7 rings (SSSR count). The fourth-order valence-electron chi connectivity index (χ4n) is 6.24. The van der Waals surface area contributed by atoms with Crippen molar-refractivity contribution in [3.8, 4) is 35.1 Å². The molecule has 27 nitrogen and oxygen atoms in total. The van der Waals surface area contributed by atoms with Crippen LogP contribution in [0, 0.1) is 31.8 Å². The van der Waals surface area contributed by atoms with E-state index in [-0.39, 0.29) is 113 Å². The van der Waals surface area contributed by atoms with Gasteiger partial charge in [0.15, 0.2) is 46.3 Å². The fraction of sp³-hybridized carbons (Fsp3) is 0.105. The van der Waals surface area contributed by atoms with E-state index in [2.05, 4.69) is 55.7 Å². The molecule has 0 atom stereocenters. The molecule has 0 aliphatic carbocycles. The zero-order chi connectivity index (χ0) is 48.6. The Kier molecular flexibility index (Phi) is 12.2. The first-order valence-electron chi connectivity index (χ1n) is 18.4. The minimum absolute atomic E-state index is 0.0360. The Morgan fingerprint density at radius 3 is 1.43 bits per heavy atom. The number of azo groups is 2. The van der Waals surface area contributed by atoms with E-state index in [1.807, 2.05) is 6.07 Å². The summed E-state index contributed by atoms with van der Waals surface area (Å²) in [5.41, 5.74) is 11.6. The van der Waals surface area contributed by atoms with Gasteiger partial charge in [0.05, 0.1) is 51.6 Å². The highest BCUT2D eigenvalue weighted by Gasteiger charge is 2.26. The van der Waals surface area contributed by atoms with Crippen LogP contribution in [-0.4, -0.2) is 111 Å². The van der Waals surface area contributed by atoms with E-state index in [1.165, 1.54) is 19.9 Å². The molecule has 29 heteroatoms. The molecule has 0 saturated heterocycles. The van der Waals surface area contributed by atoms with Crippen molar-refractivity contribution in [3.63, 3.8) is 0 Å². The Balaban J connectivity index is 1.27. The monoisotopic (exact) mass is 944 g/mol. The van der Waals surface area contributed by atoms with Crippen LogP contribution in [0.25, 0.3) is 27.9 Å². The van der Waals surface area contributed by atoms with E-state index in [4.69, 9.17) is 18.0 Å². The maximum atomic E-state index is 11.9. The second-order valence-electron chi connectivity index (χ2n) is 13.4. The van der Waals surface area contributed by atoms with Crippen LogP contribution < -0.4 is 11.5 Å². The molecule has 0 aliphatic rings. The van der Waals surface area contributed by atoms with Crippen molar-refractivity contribution in [1.82, 2.24) is 49.1 Å². The molecule has 5 aromatic heterocycles. The maximum absolute atomic E-state index is 11.9. The first-order valence-corrected chi connectivity index (χ1v) is 20.8. The number of hydrogen-bond donors (Lipinski definition) is 7. The minimum Gasteiger partial charge on any atom is -0.479 e. The van der Waals surface area contributed by atoms with Gasteiger partial charge in [-0.1, -0.05) is 0 Å². The van der Waals surface area contributed by atoms with Crippen LogP contribution in [0.15, 0.2) is 73.0 Å². The van der Waals surface area contributed by atoms with Crippen molar-refractivity contribution in [3.05, 3.63) is 93.1 Å². The molecule has 7 aromatic rings. The van der Waals surface area contributed by atoms with Crippen LogP contribution in [0.3, 0.4) is 0 Å². The summed E-state index contributed by atoms with van der Waals surface area (Å²) in [6.45, 7) is 10.9. The zero-order valence-electron chi connectivity index (χ0n) is 34.5. The summed E-state index contributed by atoms with van der Waals surface area (Å²) in [7, 11) is 0. The molecule has 336 valence electrons. The lowest BCUT2D eigenvalue weighted by Crippen LogP contribution is -2.09. The van der Waals surface area contributed by atoms with Gasteiger partial charge in [-0.3, -0.25) is 0 Å².